The molecule has 9 heteroatoms. The molecule has 0 unspecified atom stereocenters. The van der Waals surface area contributed by atoms with Crippen LogP contribution in [0, 0.1) is 11.3 Å². The maximum Gasteiger partial charge on any atom is 0.322 e. The fourth-order valence-electron chi connectivity index (χ4n) is 2.44. The largest absolute Gasteiger partial charge is 0.383 e. The monoisotopic (exact) mass is 417 g/mol. The summed E-state index contributed by atoms with van der Waals surface area (Å²) < 4.78 is 33.5. The van der Waals surface area contributed by atoms with Gasteiger partial charge in [0.2, 0.25) is 0 Å². The van der Waals surface area contributed by atoms with Crippen molar-refractivity contribution in [3.05, 3.63) is 59.7 Å². The predicted molar refractivity (Wildman–Crippen MR) is 109 cm³/mol. The lowest BCUT2D eigenvalue weighted by atomic mass is 10.2. The van der Waals surface area contributed by atoms with Crippen molar-refractivity contribution in [2.75, 3.05) is 31.3 Å². The van der Waals surface area contributed by atoms with Gasteiger partial charge in [-0.25, -0.2) is 4.79 Å². The van der Waals surface area contributed by atoms with Gasteiger partial charge in [-0.3, -0.25) is 0 Å². The molecule has 0 saturated heterocycles. The average molecular weight is 417 g/mol. The van der Waals surface area contributed by atoms with Crippen LogP contribution >= 0.6 is 0 Å². The van der Waals surface area contributed by atoms with Gasteiger partial charge in [-0.1, -0.05) is 18.2 Å². The number of hydrogen-bond donors (Lipinski definition) is 1. The Morgan fingerprint density at radius 1 is 1.21 bits per heavy atom. The molecule has 0 bridgehead atoms. The van der Waals surface area contributed by atoms with Crippen molar-refractivity contribution in [3.8, 4) is 11.8 Å². The number of urea groups is 1. The summed E-state index contributed by atoms with van der Waals surface area (Å²) in [5, 5.41) is 11.8. The summed E-state index contributed by atoms with van der Waals surface area (Å²) in [5.41, 5.74) is 1.64. The molecular formula is C20H23N3O5S. The molecule has 1 N–H and O–H groups in total. The van der Waals surface area contributed by atoms with Crippen LogP contribution in [0.4, 0.5) is 10.5 Å². The number of hydrogen-bond acceptors (Lipinski definition) is 6. The molecule has 0 aliphatic heterocycles. The first kappa shape index (κ1) is 22.2. The third kappa shape index (κ3) is 7.10. The molecule has 154 valence electrons. The topological polar surface area (TPSA) is 109 Å². The summed E-state index contributed by atoms with van der Waals surface area (Å²) in [4.78, 5) is 14.3. The lowest BCUT2D eigenvalue weighted by molar-refractivity contribution is 0.153. The summed E-state index contributed by atoms with van der Waals surface area (Å²) in [7, 11) is -2.10. The van der Waals surface area contributed by atoms with E-state index in [1.54, 1.807) is 48.5 Å². The Morgan fingerprint density at radius 3 is 2.66 bits per heavy atom. The molecule has 0 atom stereocenters. The van der Waals surface area contributed by atoms with Crippen LogP contribution < -0.4 is 9.50 Å². The summed E-state index contributed by atoms with van der Waals surface area (Å²) in [6.07, 6.45) is 0. The van der Waals surface area contributed by atoms with E-state index in [1.165, 1.54) is 18.9 Å². The molecular weight excluding hydrogens is 394 g/mol. The number of amides is 2. The van der Waals surface area contributed by atoms with Crippen molar-refractivity contribution < 1.29 is 22.1 Å². The second-order valence-electron chi connectivity index (χ2n) is 6.11. The van der Waals surface area contributed by atoms with Gasteiger partial charge in [0.1, 0.15) is 5.75 Å². The van der Waals surface area contributed by atoms with Crippen molar-refractivity contribution in [1.29, 1.82) is 5.26 Å². The molecule has 29 heavy (non-hydrogen) atoms. The molecule has 0 radical (unpaired) electrons. The van der Waals surface area contributed by atoms with Crippen LogP contribution in [0.1, 0.15) is 18.1 Å². The number of nitrogens with one attached hydrogen (secondary N) is 1. The first-order valence-electron chi connectivity index (χ1n) is 8.93. The third-order valence-electron chi connectivity index (χ3n) is 3.94. The van der Waals surface area contributed by atoms with Crippen molar-refractivity contribution in [1.82, 2.24) is 4.90 Å². The molecule has 0 saturated carbocycles. The summed E-state index contributed by atoms with van der Waals surface area (Å²) in [6.45, 7) is 2.36. The molecule has 0 heterocycles. The highest BCUT2D eigenvalue weighted by Gasteiger charge is 2.16. The van der Waals surface area contributed by atoms with Gasteiger partial charge in [0.05, 0.1) is 24.0 Å². The van der Waals surface area contributed by atoms with Gasteiger partial charge in [0.25, 0.3) is 0 Å². The number of ether oxygens (including phenoxy) is 1. The molecule has 0 aromatic heterocycles. The van der Waals surface area contributed by atoms with Crippen LogP contribution in [0.5, 0.6) is 5.75 Å². The Balaban J connectivity index is 2.15. The minimum absolute atomic E-state index is 0.138. The standard InChI is InChI=1S/C20H23N3O5S/c1-3-29(25,26)28-19-9-5-7-17(13-19)15-23(10-11-27-2)20(24)22-18-8-4-6-16(12-18)14-21/h4-9,12-13H,3,10-11,15H2,1-2H3,(H,22,24). The SMILES string of the molecule is CCS(=O)(=O)Oc1cccc(CN(CCOC)C(=O)Nc2cccc(C#N)c2)c1. The molecule has 2 rings (SSSR count). The van der Waals surface area contributed by atoms with E-state index >= 15 is 0 Å². The second kappa shape index (κ2) is 10.5. The average Bonchev–Trinajstić information content (AvgIpc) is 2.71. The smallest absolute Gasteiger partial charge is 0.322 e. The van der Waals surface area contributed by atoms with Crippen LogP contribution in [0.25, 0.3) is 0 Å². The molecule has 0 aliphatic rings. The molecule has 2 amide bonds. The van der Waals surface area contributed by atoms with E-state index in [-0.39, 0.29) is 24.1 Å². The van der Waals surface area contributed by atoms with Crippen molar-refractivity contribution in [2.45, 2.75) is 13.5 Å². The van der Waals surface area contributed by atoms with E-state index in [9.17, 15) is 13.2 Å². The highest BCUT2D eigenvalue weighted by molar-refractivity contribution is 7.87. The number of nitriles is 1. The fraction of sp³-hybridized carbons (Fsp3) is 0.300. The van der Waals surface area contributed by atoms with Gasteiger partial charge < -0.3 is 19.1 Å². The molecule has 0 spiro atoms. The Kier molecular flexibility index (Phi) is 8.00. The van der Waals surface area contributed by atoms with E-state index in [0.29, 0.717) is 30.0 Å². The quantitative estimate of drug-likeness (QED) is 0.628. The zero-order chi connectivity index (χ0) is 21.3. The van der Waals surface area contributed by atoms with Gasteiger partial charge in [-0.05, 0) is 42.8 Å². The number of anilines is 1. The van der Waals surface area contributed by atoms with Crippen LogP contribution in [-0.4, -0.2) is 45.4 Å². The van der Waals surface area contributed by atoms with Gasteiger partial charge in [-0.15, -0.1) is 0 Å². The minimum atomic E-state index is -3.63. The summed E-state index contributed by atoms with van der Waals surface area (Å²) >= 11 is 0. The Morgan fingerprint density at radius 2 is 1.97 bits per heavy atom. The van der Waals surface area contributed by atoms with E-state index in [1.807, 2.05) is 6.07 Å². The predicted octanol–water partition coefficient (Wildman–Crippen LogP) is 2.97. The number of carbonyl (C=O) groups excluding carboxylic acids is 1. The van der Waals surface area contributed by atoms with Gasteiger partial charge in [-0.2, -0.15) is 13.7 Å². The maximum absolute atomic E-state index is 12.7. The van der Waals surface area contributed by atoms with Crippen LogP contribution in [-0.2, 0) is 21.4 Å². The van der Waals surface area contributed by atoms with Gasteiger partial charge in [0.15, 0.2) is 0 Å². The number of carbonyl (C=O) groups is 1. The Bertz CT molecular complexity index is 986. The normalized spacial score (nSPS) is 10.8. The fourth-order valence-corrected chi connectivity index (χ4v) is 2.96. The van der Waals surface area contributed by atoms with E-state index < -0.39 is 10.1 Å². The van der Waals surface area contributed by atoms with E-state index in [0.717, 1.165) is 0 Å². The van der Waals surface area contributed by atoms with Crippen molar-refractivity contribution >= 4 is 21.8 Å². The van der Waals surface area contributed by atoms with Gasteiger partial charge >= 0.3 is 16.1 Å². The van der Waals surface area contributed by atoms with Crippen LogP contribution in [0.15, 0.2) is 48.5 Å². The van der Waals surface area contributed by atoms with Crippen molar-refractivity contribution in [2.24, 2.45) is 0 Å². The minimum Gasteiger partial charge on any atom is -0.383 e. The van der Waals surface area contributed by atoms with Crippen LogP contribution in [0.3, 0.4) is 0 Å². The third-order valence-corrected chi connectivity index (χ3v) is 5.10. The number of benzene rings is 2. The second-order valence-corrected chi connectivity index (χ2v) is 7.97. The summed E-state index contributed by atoms with van der Waals surface area (Å²) in [5.74, 6) is 0.0552. The number of rotatable bonds is 9. The van der Waals surface area contributed by atoms with Crippen molar-refractivity contribution in [3.63, 3.8) is 0 Å². The zero-order valence-electron chi connectivity index (χ0n) is 16.3. The summed E-state index contributed by atoms with van der Waals surface area (Å²) in [6, 6.07) is 14.8. The molecule has 0 aliphatic carbocycles. The Hall–Kier alpha value is -3.09. The van der Waals surface area contributed by atoms with Gasteiger partial charge in [0, 0.05) is 25.9 Å². The molecule has 0 fully saturated rings. The first-order chi connectivity index (χ1) is 13.9. The first-order valence-corrected chi connectivity index (χ1v) is 10.5. The van der Waals surface area contributed by atoms with E-state index in [4.69, 9.17) is 14.2 Å². The lowest BCUT2D eigenvalue weighted by Gasteiger charge is -2.23. The van der Waals surface area contributed by atoms with Crippen LogP contribution in [0.2, 0.25) is 0 Å². The molecule has 8 nitrogen and oxygen atoms in total. The highest BCUT2D eigenvalue weighted by atomic mass is 32.2. The molecule has 2 aromatic rings. The molecule has 2 aromatic carbocycles. The van der Waals surface area contributed by atoms with E-state index in [2.05, 4.69) is 5.32 Å². The number of nitrogens with zero attached hydrogens (tertiary/aromatic N) is 2. The zero-order valence-corrected chi connectivity index (χ0v) is 17.1. The maximum atomic E-state index is 12.7. The highest BCUT2D eigenvalue weighted by Crippen LogP contribution is 2.18. The Labute approximate surface area is 170 Å². The number of methoxy groups -OCH3 is 1. The lowest BCUT2D eigenvalue weighted by Crippen LogP contribution is -2.36.